The Balaban J connectivity index is 0.685. The van der Waals surface area contributed by atoms with Crippen molar-refractivity contribution in [2.45, 2.75) is 177 Å². The van der Waals surface area contributed by atoms with Gasteiger partial charge < -0.3 is 0 Å². The molecule has 0 aromatic rings. The molecule has 8 heterocycles. The summed E-state index contributed by atoms with van der Waals surface area (Å²) in [7, 11) is 0.193. The summed E-state index contributed by atoms with van der Waals surface area (Å²) >= 11 is 17.7. The van der Waals surface area contributed by atoms with Gasteiger partial charge >= 0.3 is 0 Å². The van der Waals surface area contributed by atoms with Crippen LogP contribution in [0.2, 0.25) is 0 Å². The lowest BCUT2D eigenvalue weighted by molar-refractivity contribution is 0.299. The third kappa shape index (κ3) is 5.14. The standard InChI is InChI=1S/C43H66S8/c1-16-8-22-18(3)24-10-30(46-37(24)36(22)44-16)31-11-25-19(4)26-12-32(48-39(26)38(25)47-31)33-13-27-20(5)28-14-34(50-41(28)40(27)49-33)35-15-29-21(6)23-9-17(2)45-42(23)43(29)51(35)7/h16-43,51H,8-15H2,1-7H3. The number of fused-ring (bicyclic) bond motifs is 12. The Labute approximate surface area is 344 Å². The van der Waals surface area contributed by atoms with Crippen molar-refractivity contribution in [2.24, 2.45) is 71.0 Å². The summed E-state index contributed by atoms with van der Waals surface area (Å²) in [4.78, 5) is 0. The van der Waals surface area contributed by atoms with Gasteiger partial charge in [-0.3, -0.25) is 0 Å². The molecule has 8 heteroatoms. The number of hydrogen-bond acceptors (Lipinski definition) is 7. The average Bonchev–Trinajstić information content (AvgIpc) is 3.92. The van der Waals surface area contributed by atoms with Crippen molar-refractivity contribution in [2.75, 3.05) is 6.26 Å². The molecule has 51 heavy (non-hydrogen) atoms. The molecule has 8 saturated heterocycles. The van der Waals surface area contributed by atoms with Gasteiger partial charge in [-0.25, -0.2) is 10.9 Å². The first-order valence-electron chi connectivity index (χ1n) is 21.9. The van der Waals surface area contributed by atoms with Gasteiger partial charge in [-0.15, -0.1) is 0 Å². The molecule has 0 N–H and O–H groups in total. The van der Waals surface area contributed by atoms with E-state index in [1.165, 1.54) is 12.8 Å². The van der Waals surface area contributed by atoms with E-state index >= 15 is 0 Å². The maximum atomic E-state index is 2.80. The molecular weight excluding hydrogens is 773 g/mol. The minimum atomic E-state index is 0.193. The lowest BCUT2D eigenvalue weighted by Gasteiger charge is -2.33. The molecule has 12 rings (SSSR count). The maximum Gasteiger partial charge on any atom is 0.0203 e. The monoisotopic (exact) mass is 838 g/mol. The van der Waals surface area contributed by atoms with E-state index in [4.69, 9.17) is 0 Å². The van der Waals surface area contributed by atoms with Crippen molar-refractivity contribution in [3.8, 4) is 0 Å². The quantitative estimate of drug-likeness (QED) is 0.278. The molecular formula is C43H66S8. The van der Waals surface area contributed by atoms with Crippen LogP contribution in [0.25, 0.3) is 0 Å². The summed E-state index contributed by atoms with van der Waals surface area (Å²) in [5.41, 5.74) is 0. The van der Waals surface area contributed by atoms with Crippen LogP contribution in [0.3, 0.4) is 0 Å². The highest BCUT2D eigenvalue weighted by Crippen LogP contribution is 2.72. The van der Waals surface area contributed by atoms with E-state index in [9.17, 15) is 0 Å². The van der Waals surface area contributed by atoms with Crippen molar-refractivity contribution in [1.29, 1.82) is 0 Å². The van der Waals surface area contributed by atoms with Crippen molar-refractivity contribution in [1.82, 2.24) is 0 Å². The normalized spacial score (nSPS) is 69.6. The minimum Gasteiger partial charge on any atom is -0.248 e. The smallest absolute Gasteiger partial charge is 0.0203 e. The van der Waals surface area contributed by atoms with Crippen LogP contribution in [0.4, 0.5) is 0 Å². The molecule has 0 bridgehead atoms. The van der Waals surface area contributed by atoms with Gasteiger partial charge in [0.25, 0.3) is 0 Å². The summed E-state index contributed by atoms with van der Waals surface area (Å²) in [5.74, 6) is 12.3. The van der Waals surface area contributed by atoms with E-state index in [1.54, 1.807) is 38.5 Å². The molecule has 0 aromatic carbocycles. The van der Waals surface area contributed by atoms with E-state index in [0.717, 1.165) is 155 Å². The summed E-state index contributed by atoms with van der Waals surface area (Å²) in [6.07, 6.45) is 15.3. The number of rotatable bonds is 3. The van der Waals surface area contributed by atoms with Gasteiger partial charge in [0.05, 0.1) is 0 Å². The first-order valence-corrected chi connectivity index (χ1v) is 30.5. The van der Waals surface area contributed by atoms with Crippen LogP contribution in [0.5, 0.6) is 0 Å². The molecule has 0 nitrogen and oxygen atoms in total. The van der Waals surface area contributed by atoms with Gasteiger partial charge in [-0.05, 0) is 134 Å². The van der Waals surface area contributed by atoms with Gasteiger partial charge in [-0.1, -0.05) is 41.5 Å². The molecule has 4 aliphatic carbocycles. The Hall–Kier alpha value is 2.80. The summed E-state index contributed by atoms with van der Waals surface area (Å²) in [5, 5.41) is 15.8. The van der Waals surface area contributed by atoms with E-state index in [0.29, 0.717) is 0 Å². The molecule has 0 spiro atoms. The first kappa shape index (κ1) is 35.7. The van der Waals surface area contributed by atoms with Crippen LogP contribution >= 0.6 is 93.2 Å². The zero-order valence-corrected chi connectivity index (χ0v) is 38.7. The van der Waals surface area contributed by atoms with Gasteiger partial charge in [0.15, 0.2) is 0 Å². The van der Waals surface area contributed by atoms with Gasteiger partial charge in [0.2, 0.25) is 0 Å². The molecule has 4 saturated carbocycles. The van der Waals surface area contributed by atoms with E-state index in [2.05, 4.69) is 130 Å². The van der Waals surface area contributed by atoms with Crippen LogP contribution < -0.4 is 0 Å². The SMILES string of the molecule is CC1CC2C(C)C3CC(C4CC5C(C)C6CC(C7CC8C(C)C9CC(C%10CC%11C(C)C%12CC(C)SC%12C%11[SH]%10C)SC9C8S7)SC6C5S4)SC3C2S1. The van der Waals surface area contributed by atoms with Gasteiger partial charge in [0, 0.05) is 78.7 Å². The molecule has 0 radical (unpaired) electrons. The Bertz CT molecular complexity index is 1390. The third-order valence-electron chi connectivity index (χ3n) is 19.0. The molecule has 286 valence electrons. The second kappa shape index (κ2) is 12.9. The van der Waals surface area contributed by atoms with E-state index in [-0.39, 0.29) is 10.9 Å². The van der Waals surface area contributed by atoms with Crippen molar-refractivity contribution in [3.05, 3.63) is 0 Å². The highest BCUT2D eigenvalue weighted by atomic mass is 32.2. The largest absolute Gasteiger partial charge is 0.248 e. The first-order chi connectivity index (χ1) is 24.6. The fourth-order valence-corrected chi connectivity index (χ4v) is 36.7. The predicted octanol–water partition coefficient (Wildman–Crippen LogP) is 11.4. The average molecular weight is 840 g/mol. The summed E-state index contributed by atoms with van der Waals surface area (Å²) in [6, 6.07) is 0. The topological polar surface area (TPSA) is 0 Å². The summed E-state index contributed by atoms with van der Waals surface area (Å²) in [6.45, 7) is 15.9. The molecule has 0 amide bonds. The fourth-order valence-electron chi connectivity index (χ4n) is 16.5. The van der Waals surface area contributed by atoms with Crippen molar-refractivity contribution >= 4 is 93.2 Å². The van der Waals surface area contributed by atoms with E-state index in [1.807, 2.05) is 0 Å². The number of thioether (sulfide) groups is 7. The second-order valence-electron chi connectivity index (χ2n) is 20.9. The Kier molecular flexibility index (Phi) is 9.03. The lowest BCUT2D eigenvalue weighted by atomic mass is 9.82. The summed E-state index contributed by atoms with van der Waals surface area (Å²) < 4.78 is 0. The highest BCUT2D eigenvalue weighted by Gasteiger charge is 2.65. The van der Waals surface area contributed by atoms with E-state index < -0.39 is 0 Å². The molecule has 8 aliphatic heterocycles. The van der Waals surface area contributed by atoms with Gasteiger partial charge in [-0.2, -0.15) is 82.3 Å². The minimum absolute atomic E-state index is 0.193. The third-order valence-corrected chi connectivity index (χ3v) is 35.9. The zero-order chi connectivity index (χ0) is 34.3. The van der Waals surface area contributed by atoms with Crippen LogP contribution in [-0.4, -0.2) is 90.3 Å². The Morgan fingerprint density at radius 3 is 1.10 bits per heavy atom. The Morgan fingerprint density at radius 1 is 0.333 bits per heavy atom. The Morgan fingerprint density at radius 2 is 0.647 bits per heavy atom. The van der Waals surface area contributed by atoms with Crippen LogP contribution in [0, 0.1) is 71.0 Å². The highest BCUT2D eigenvalue weighted by molar-refractivity contribution is 8.19. The fraction of sp³-hybridized carbons (Fsp3) is 1.00. The van der Waals surface area contributed by atoms with Crippen molar-refractivity contribution in [3.63, 3.8) is 0 Å². The van der Waals surface area contributed by atoms with Crippen LogP contribution in [0.1, 0.15) is 92.9 Å². The van der Waals surface area contributed by atoms with Gasteiger partial charge in [0.1, 0.15) is 0 Å². The number of hydrogen-bond donors (Lipinski definition) is 1. The molecule has 29 unspecified atom stereocenters. The maximum absolute atomic E-state index is 2.80. The van der Waals surface area contributed by atoms with Crippen LogP contribution in [0.15, 0.2) is 0 Å². The zero-order valence-electron chi connectivity index (χ0n) is 32.1. The second-order valence-corrected chi connectivity index (χ2v) is 33.8. The predicted molar refractivity (Wildman–Crippen MR) is 242 cm³/mol. The van der Waals surface area contributed by atoms with Crippen LogP contribution in [-0.2, 0) is 0 Å². The molecule has 12 fully saturated rings. The van der Waals surface area contributed by atoms with Crippen molar-refractivity contribution < 1.29 is 0 Å². The number of thiol groups is 1. The lowest BCUT2D eigenvalue weighted by Crippen LogP contribution is -2.26. The molecule has 0 aromatic heterocycles. The molecule has 12 aliphatic rings. The molecule has 29 atom stereocenters.